The molecule has 0 saturated carbocycles. The van der Waals surface area contributed by atoms with Gasteiger partial charge in [0, 0.05) is 19.0 Å². The van der Waals surface area contributed by atoms with Gasteiger partial charge in [0.2, 0.25) is 0 Å². The highest BCUT2D eigenvalue weighted by molar-refractivity contribution is 5.55. The number of aldehydes is 1. The molecule has 0 unspecified atom stereocenters. The zero-order valence-corrected chi connectivity index (χ0v) is 5.77. The van der Waals surface area contributed by atoms with Crippen LogP contribution < -0.4 is 0 Å². The topological polar surface area (TPSA) is 20.3 Å². The van der Waals surface area contributed by atoms with E-state index in [1.54, 1.807) is 0 Å². The van der Waals surface area contributed by atoms with Gasteiger partial charge in [0.15, 0.2) is 0 Å². The minimum atomic E-state index is -4.13. The summed E-state index contributed by atoms with van der Waals surface area (Å²) in [6.45, 7) is -0.386. The molecule has 0 spiro atoms. The molecule has 2 nitrogen and oxygen atoms in total. The van der Waals surface area contributed by atoms with Crippen LogP contribution in [-0.2, 0) is 4.79 Å². The number of nitrogens with zero attached hydrogens (tertiary/aromatic N) is 1. The van der Waals surface area contributed by atoms with E-state index in [0.29, 0.717) is 6.29 Å². The van der Waals surface area contributed by atoms with Crippen LogP contribution in [0.3, 0.4) is 0 Å². The fourth-order valence-corrected chi connectivity index (χ4v) is 1.08. The molecule has 0 N–H and O–H groups in total. The highest BCUT2D eigenvalue weighted by Crippen LogP contribution is 2.21. The first kappa shape index (κ1) is 8.52. The average molecular weight is 167 g/mol. The van der Waals surface area contributed by atoms with Crippen molar-refractivity contribution in [3.05, 3.63) is 0 Å². The normalized spacial score (nSPS) is 21.4. The van der Waals surface area contributed by atoms with Gasteiger partial charge in [0.05, 0.1) is 6.54 Å². The van der Waals surface area contributed by atoms with Crippen molar-refractivity contribution in [1.29, 1.82) is 0 Å². The van der Waals surface area contributed by atoms with Crippen molar-refractivity contribution in [2.45, 2.75) is 6.18 Å². The van der Waals surface area contributed by atoms with Crippen molar-refractivity contribution in [2.75, 3.05) is 19.6 Å². The van der Waals surface area contributed by atoms with Crippen LogP contribution in [0.15, 0.2) is 0 Å². The molecule has 1 aliphatic rings. The molecule has 64 valence electrons. The maximum atomic E-state index is 11.6. The van der Waals surface area contributed by atoms with Crippen LogP contribution in [0, 0.1) is 5.92 Å². The number of carbonyl (C=O) groups is 1. The molecule has 1 rings (SSSR count). The summed E-state index contributed by atoms with van der Waals surface area (Å²) in [6.07, 6.45) is -3.43. The highest BCUT2D eigenvalue weighted by Gasteiger charge is 2.36. The van der Waals surface area contributed by atoms with Crippen LogP contribution in [0.5, 0.6) is 0 Å². The molecule has 1 heterocycles. The van der Waals surface area contributed by atoms with E-state index in [-0.39, 0.29) is 19.0 Å². The van der Waals surface area contributed by atoms with Gasteiger partial charge in [-0.2, -0.15) is 13.2 Å². The second-order valence-electron chi connectivity index (χ2n) is 2.71. The SMILES string of the molecule is O=CC1CN(CC(F)(F)F)C1. The van der Waals surface area contributed by atoms with E-state index in [1.807, 2.05) is 0 Å². The molecular weight excluding hydrogens is 159 g/mol. The number of rotatable bonds is 2. The van der Waals surface area contributed by atoms with Crippen LogP contribution in [0.4, 0.5) is 13.2 Å². The van der Waals surface area contributed by atoms with E-state index >= 15 is 0 Å². The molecule has 0 aromatic carbocycles. The van der Waals surface area contributed by atoms with Crippen molar-refractivity contribution < 1.29 is 18.0 Å². The third-order valence-corrected chi connectivity index (χ3v) is 1.58. The number of alkyl halides is 3. The highest BCUT2D eigenvalue weighted by atomic mass is 19.4. The summed E-state index contributed by atoms with van der Waals surface area (Å²) in [7, 11) is 0. The number of halogens is 3. The third-order valence-electron chi connectivity index (χ3n) is 1.58. The first-order chi connectivity index (χ1) is 5.01. The Morgan fingerprint density at radius 3 is 2.36 bits per heavy atom. The molecule has 0 amide bonds. The molecule has 0 aromatic heterocycles. The van der Waals surface area contributed by atoms with E-state index in [0.717, 1.165) is 0 Å². The Labute approximate surface area is 62.0 Å². The predicted molar refractivity (Wildman–Crippen MR) is 32.0 cm³/mol. The van der Waals surface area contributed by atoms with Crippen LogP contribution in [0.1, 0.15) is 0 Å². The lowest BCUT2D eigenvalue weighted by atomic mass is 10.0. The minimum Gasteiger partial charge on any atom is -0.303 e. The van der Waals surface area contributed by atoms with Gasteiger partial charge in [-0.3, -0.25) is 4.90 Å². The summed E-state index contributed by atoms with van der Waals surface area (Å²) in [4.78, 5) is 11.2. The Balaban J connectivity index is 2.18. The Kier molecular flexibility index (Phi) is 2.17. The smallest absolute Gasteiger partial charge is 0.303 e. The van der Waals surface area contributed by atoms with Gasteiger partial charge in [-0.15, -0.1) is 0 Å². The molecule has 0 atom stereocenters. The van der Waals surface area contributed by atoms with Gasteiger partial charge in [-0.05, 0) is 0 Å². The predicted octanol–water partition coefficient (Wildman–Crippen LogP) is 0.679. The summed E-state index contributed by atoms with van der Waals surface area (Å²) in [5, 5.41) is 0. The number of hydrogen-bond acceptors (Lipinski definition) is 2. The van der Waals surface area contributed by atoms with Gasteiger partial charge in [-0.25, -0.2) is 0 Å². The average Bonchev–Trinajstić information content (AvgIpc) is 1.75. The molecule has 0 aliphatic carbocycles. The molecule has 11 heavy (non-hydrogen) atoms. The summed E-state index contributed by atoms with van der Waals surface area (Å²) in [5.41, 5.74) is 0. The first-order valence-corrected chi connectivity index (χ1v) is 3.25. The fourth-order valence-electron chi connectivity index (χ4n) is 1.08. The summed E-state index contributed by atoms with van der Waals surface area (Å²) in [5.74, 6) is -0.183. The lowest BCUT2D eigenvalue weighted by Gasteiger charge is -2.36. The molecule has 5 heteroatoms. The first-order valence-electron chi connectivity index (χ1n) is 3.25. The van der Waals surface area contributed by atoms with Crippen LogP contribution >= 0.6 is 0 Å². The second-order valence-corrected chi connectivity index (χ2v) is 2.71. The van der Waals surface area contributed by atoms with Crippen molar-refractivity contribution >= 4 is 6.29 Å². The van der Waals surface area contributed by atoms with Crippen molar-refractivity contribution in [1.82, 2.24) is 4.90 Å². The van der Waals surface area contributed by atoms with Crippen molar-refractivity contribution in [3.8, 4) is 0 Å². The third kappa shape index (κ3) is 2.49. The summed E-state index contributed by atoms with van der Waals surface area (Å²) in [6, 6.07) is 0. The van der Waals surface area contributed by atoms with Crippen LogP contribution in [-0.4, -0.2) is 37.0 Å². The van der Waals surface area contributed by atoms with E-state index in [9.17, 15) is 18.0 Å². The lowest BCUT2D eigenvalue weighted by Crippen LogP contribution is -2.50. The maximum absolute atomic E-state index is 11.6. The van der Waals surface area contributed by atoms with E-state index in [4.69, 9.17) is 0 Å². The monoisotopic (exact) mass is 167 g/mol. The zero-order chi connectivity index (χ0) is 8.48. The Morgan fingerprint density at radius 1 is 1.45 bits per heavy atom. The van der Waals surface area contributed by atoms with Crippen molar-refractivity contribution in [3.63, 3.8) is 0 Å². The Morgan fingerprint density at radius 2 is 2.00 bits per heavy atom. The molecule has 1 fully saturated rings. The maximum Gasteiger partial charge on any atom is 0.401 e. The summed E-state index contributed by atoms with van der Waals surface area (Å²) >= 11 is 0. The molecule has 0 aromatic rings. The van der Waals surface area contributed by atoms with Gasteiger partial charge >= 0.3 is 6.18 Å². The van der Waals surface area contributed by atoms with Crippen molar-refractivity contribution in [2.24, 2.45) is 5.92 Å². The fraction of sp³-hybridized carbons (Fsp3) is 0.833. The second kappa shape index (κ2) is 2.81. The molecule has 0 radical (unpaired) electrons. The minimum absolute atomic E-state index is 0.183. The molecular formula is C6H8F3NO. The molecule has 1 aliphatic heterocycles. The number of hydrogen-bond donors (Lipinski definition) is 0. The standard InChI is InChI=1S/C6H8F3NO/c7-6(8,9)4-10-1-5(2-10)3-11/h3,5H,1-2,4H2. The van der Waals surface area contributed by atoms with Gasteiger partial charge in [-0.1, -0.05) is 0 Å². The van der Waals surface area contributed by atoms with Gasteiger partial charge < -0.3 is 4.79 Å². The number of carbonyl (C=O) groups excluding carboxylic acids is 1. The molecule has 1 saturated heterocycles. The van der Waals surface area contributed by atoms with E-state index in [2.05, 4.69) is 0 Å². The quantitative estimate of drug-likeness (QED) is 0.563. The van der Waals surface area contributed by atoms with Crippen LogP contribution in [0.25, 0.3) is 0 Å². The largest absolute Gasteiger partial charge is 0.401 e. The lowest BCUT2D eigenvalue weighted by molar-refractivity contribution is -0.160. The number of likely N-dealkylation sites (tertiary alicyclic amines) is 1. The Bertz CT molecular complexity index is 150. The molecule has 0 bridgehead atoms. The van der Waals surface area contributed by atoms with E-state index < -0.39 is 12.7 Å². The van der Waals surface area contributed by atoms with Crippen LogP contribution in [0.2, 0.25) is 0 Å². The Hall–Kier alpha value is -0.580. The summed E-state index contributed by atoms with van der Waals surface area (Å²) < 4.78 is 34.9. The van der Waals surface area contributed by atoms with Gasteiger partial charge in [0.25, 0.3) is 0 Å². The van der Waals surface area contributed by atoms with E-state index in [1.165, 1.54) is 4.90 Å². The van der Waals surface area contributed by atoms with Gasteiger partial charge in [0.1, 0.15) is 6.29 Å². The zero-order valence-electron chi connectivity index (χ0n) is 5.77.